The first-order valence-corrected chi connectivity index (χ1v) is 11.6. The number of piperidine rings is 1. The molecule has 4 rings (SSSR count). The molecule has 1 aliphatic heterocycles. The van der Waals surface area contributed by atoms with E-state index in [0.29, 0.717) is 24.9 Å². The van der Waals surface area contributed by atoms with Gasteiger partial charge in [-0.15, -0.1) is 6.58 Å². The summed E-state index contributed by atoms with van der Waals surface area (Å²) in [7, 11) is 0. The molecule has 2 aromatic carbocycles. The normalized spacial score (nSPS) is 14.8. The van der Waals surface area contributed by atoms with Crippen molar-refractivity contribution in [3.63, 3.8) is 0 Å². The van der Waals surface area contributed by atoms with Gasteiger partial charge in [0, 0.05) is 35.8 Å². The molecule has 33 heavy (non-hydrogen) atoms. The van der Waals surface area contributed by atoms with Gasteiger partial charge in [0.15, 0.2) is 5.43 Å². The minimum Gasteiger partial charge on any atom is -0.342 e. The molecule has 0 radical (unpaired) electrons. The molecular weight excluding hydrogens is 414 g/mol. The molecule has 176 valence electrons. The zero-order chi connectivity index (χ0) is 24.2. The van der Waals surface area contributed by atoms with Gasteiger partial charge in [0.25, 0.3) is 0 Å². The smallest absolute Gasteiger partial charge is 0.224 e. The van der Waals surface area contributed by atoms with Gasteiger partial charge in [-0.1, -0.05) is 37.3 Å². The number of hydrogen-bond donors (Lipinski definition) is 1. The van der Waals surface area contributed by atoms with E-state index in [4.69, 9.17) is 15.9 Å². The molecule has 1 saturated heterocycles. The van der Waals surface area contributed by atoms with Crippen LogP contribution < -0.4 is 11.2 Å². The summed E-state index contributed by atoms with van der Waals surface area (Å²) in [6.07, 6.45) is 4.90. The summed E-state index contributed by atoms with van der Waals surface area (Å²) in [6.45, 7) is 12.5. The maximum absolute atomic E-state index is 12.5. The van der Waals surface area contributed by atoms with Crippen LogP contribution in [0.3, 0.4) is 0 Å². The zero-order valence-electron chi connectivity index (χ0n) is 20.2. The van der Waals surface area contributed by atoms with Gasteiger partial charge in [0.2, 0.25) is 5.91 Å². The second-order valence-corrected chi connectivity index (χ2v) is 9.43. The lowest BCUT2D eigenvalue weighted by molar-refractivity contribution is -0.133. The number of hydrogen-bond acceptors (Lipinski definition) is 5. The molecule has 1 amide bonds. The Bertz CT molecular complexity index is 1200. The number of allylic oxidation sites excluding steroid dienone is 1. The summed E-state index contributed by atoms with van der Waals surface area (Å²) in [6, 6.07) is 9.31. The first kappa shape index (κ1) is 24.6. The number of rotatable bonds is 4. The van der Waals surface area contributed by atoms with Crippen molar-refractivity contribution in [1.29, 1.82) is 0 Å². The van der Waals surface area contributed by atoms with Crippen molar-refractivity contribution < 1.29 is 4.79 Å². The lowest BCUT2D eigenvalue weighted by Gasteiger charge is -2.33. The molecule has 7 nitrogen and oxygen atoms in total. The third-order valence-corrected chi connectivity index (χ3v) is 5.84. The molecule has 0 bridgehead atoms. The molecule has 7 heteroatoms. The molecule has 1 aromatic heterocycles. The number of amides is 1. The number of nitrogens with zero attached hydrogens (tertiary/aromatic N) is 4. The van der Waals surface area contributed by atoms with Gasteiger partial charge in [0.05, 0.1) is 6.04 Å². The summed E-state index contributed by atoms with van der Waals surface area (Å²) in [5.74, 6) is 0.103. The highest BCUT2D eigenvalue weighted by Gasteiger charge is 2.28. The van der Waals surface area contributed by atoms with Gasteiger partial charge < -0.3 is 10.6 Å². The second-order valence-electron chi connectivity index (χ2n) is 9.43. The van der Waals surface area contributed by atoms with E-state index in [-0.39, 0.29) is 17.4 Å². The SMILES string of the molecule is C=CCC.Cc1cc(=O)c2ccccc2c2nn(C3CCN(C(=O)CC(C)(C)N)CC3)nc12. The van der Waals surface area contributed by atoms with Crippen molar-refractivity contribution in [3.05, 3.63) is 58.8 Å². The average Bonchev–Trinajstić information content (AvgIpc) is 3.20. The van der Waals surface area contributed by atoms with E-state index in [0.717, 1.165) is 41.2 Å². The maximum atomic E-state index is 12.5. The van der Waals surface area contributed by atoms with Crippen LogP contribution in [-0.4, -0.2) is 44.4 Å². The van der Waals surface area contributed by atoms with E-state index in [1.165, 1.54) is 0 Å². The number of likely N-dealkylation sites (tertiary alicyclic amines) is 1. The largest absolute Gasteiger partial charge is 0.342 e. The predicted molar refractivity (Wildman–Crippen MR) is 134 cm³/mol. The second kappa shape index (κ2) is 10.3. The predicted octanol–water partition coefficient (Wildman–Crippen LogP) is 4.13. The van der Waals surface area contributed by atoms with E-state index >= 15 is 0 Å². The average molecular weight is 450 g/mol. The number of aryl methyl sites for hydroxylation is 1. The Morgan fingerprint density at radius 2 is 1.76 bits per heavy atom. The van der Waals surface area contributed by atoms with E-state index < -0.39 is 5.54 Å². The molecule has 0 saturated carbocycles. The van der Waals surface area contributed by atoms with Crippen LogP contribution in [0.25, 0.3) is 21.8 Å². The Morgan fingerprint density at radius 3 is 2.33 bits per heavy atom. The van der Waals surface area contributed by atoms with Crippen LogP contribution in [0.5, 0.6) is 0 Å². The summed E-state index contributed by atoms with van der Waals surface area (Å²) in [4.78, 5) is 28.6. The van der Waals surface area contributed by atoms with E-state index in [1.54, 1.807) is 10.9 Å². The molecule has 2 heterocycles. The Balaban J connectivity index is 0.000000709. The fourth-order valence-electron chi connectivity index (χ4n) is 4.03. The van der Waals surface area contributed by atoms with Crippen molar-refractivity contribution in [2.75, 3.05) is 13.1 Å². The Hall–Kier alpha value is -3.06. The number of carbonyl (C=O) groups is 1. The van der Waals surface area contributed by atoms with Crippen molar-refractivity contribution in [2.24, 2.45) is 5.73 Å². The molecule has 0 unspecified atom stereocenters. The molecule has 0 spiro atoms. The number of aromatic nitrogens is 3. The van der Waals surface area contributed by atoms with Gasteiger partial charge in [-0.25, -0.2) is 0 Å². The molecule has 1 fully saturated rings. The molecule has 2 N–H and O–H groups in total. The highest BCUT2D eigenvalue weighted by molar-refractivity contribution is 6.02. The summed E-state index contributed by atoms with van der Waals surface area (Å²) in [5.41, 5.74) is 7.81. The fourth-order valence-corrected chi connectivity index (χ4v) is 4.03. The van der Waals surface area contributed by atoms with Gasteiger partial charge >= 0.3 is 0 Å². The molecule has 1 aliphatic rings. The van der Waals surface area contributed by atoms with Gasteiger partial charge in [0.1, 0.15) is 11.0 Å². The van der Waals surface area contributed by atoms with Crippen molar-refractivity contribution >= 4 is 27.7 Å². The van der Waals surface area contributed by atoms with E-state index in [9.17, 15) is 9.59 Å². The zero-order valence-corrected chi connectivity index (χ0v) is 20.2. The van der Waals surface area contributed by atoms with E-state index in [1.807, 2.05) is 56.0 Å². The lowest BCUT2D eigenvalue weighted by Crippen LogP contribution is -2.44. The van der Waals surface area contributed by atoms with Crippen molar-refractivity contribution in [3.8, 4) is 0 Å². The molecule has 3 aromatic rings. The third-order valence-electron chi connectivity index (χ3n) is 5.84. The van der Waals surface area contributed by atoms with Crippen LogP contribution in [0.1, 0.15) is 58.1 Å². The molecule has 0 atom stereocenters. The maximum Gasteiger partial charge on any atom is 0.224 e. The van der Waals surface area contributed by atoms with Crippen LogP contribution in [0.4, 0.5) is 0 Å². The standard InChI is InChI=1S/C22H27N5O2.C4H8/c1-14-12-18(28)16-6-4-5-7-17(16)21-20(14)24-27(25-21)15-8-10-26(11-9-15)19(29)13-22(2,3)23;1-3-4-2/h4-7,12,15H,8-11,13,23H2,1-3H3;3H,1,4H2,2H3. The number of fused-ring (bicyclic) bond motifs is 3. The molecule has 0 aliphatic carbocycles. The first-order chi connectivity index (χ1) is 15.6. The highest BCUT2D eigenvalue weighted by atomic mass is 16.2. The fraction of sp³-hybridized carbons (Fsp3) is 0.462. The van der Waals surface area contributed by atoms with Crippen LogP contribution in [0.2, 0.25) is 0 Å². The Labute approximate surface area is 195 Å². The van der Waals surface area contributed by atoms with Gasteiger partial charge in [-0.05, 0) is 51.7 Å². The topological polar surface area (TPSA) is 94.1 Å². The van der Waals surface area contributed by atoms with E-state index in [2.05, 4.69) is 13.5 Å². The third kappa shape index (κ3) is 5.85. The lowest BCUT2D eigenvalue weighted by atomic mass is 9.99. The van der Waals surface area contributed by atoms with Crippen LogP contribution in [-0.2, 0) is 4.79 Å². The first-order valence-electron chi connectivity index (χ1n) is 11.6. The van der Waals surface area contributed by atoms with Gasteiger partial charge in [-0.3, -0.25) is 9.59 Å². The monoisotopic (exact) mass is 449 g/mol. The van der Waals surface area contributed by atoms with Crippen LogP contribution in [0.15, 0.2) is 47.8 Å². The number of nitrogens with two attached hydrogens (primary N) is 1. The summed E-state index contributed by atoms with van der Waals surface area (Å²) in [5, 5.41) is 11.0. The van der Waals surface area contributed by atoms with Crippen LogP contribution in [0, 0.1) is 6.92 Å². The van der Waals surface area contributed by atoms with Crippen LogP contribution >= 0.6 is 0 Å². The quantitative estimate of drug-likeness (QED) is 0.605. The molecular formula is C26H35N5O2. The van der Waals surface area contributed by atoms with Crippen molar-refractivity contribution in [2.45, 2.75) is 65.0 Å². The number of benzene rings is 1. The minimum absolute atomic E-state index is 0.0147. The Kier molecular flexibility index (Phi) is 7.64. The highest BCUT2D eigenvalue weighted by Crippen LogP contribution is 2.26. The van der Waals surface area contributed by atoms with Gasteiger partial charge in [-0.2, -0.15) is 15.0 Å². The van der Waals surface area contributed by atoms with Crippen molar-refractivity contribution in [1.82, 2.24) is 19.9 Å². The minimum atomic E-state index is -0.496. The summed E-state index contributed by atoms with van der Waals surface area (Å²) < 4.78 is 0. The summed E-state index contributed by atoms with van der Waals surface area (Å²) >= 11 is 0. The Morgan fingerprint density at radius 1 is 1.18 bits per heavy atom. The number of carbonyl (C=O) groups excluding carboxylic acids is 1.